The minimum atomic E-state index is 0.0984. The fourth-order valence-electron chi connectivity index (χ4n) is 1.73. The van der Waals surface area contributed by atoms with E-state index in [2.05, 4.69) is 15.0 Å². The van der Waals surface area contributed by atoms with Crippen LogP contribution in [0.25, 0.3) is 10.4 Å². The van der Waals surface area contributed by atoms with Crippen LogP contribution in [0.5, 0.6) is 0 Å². The van der Waals surface area contributed by atoms with Gasteiger partial charge in [0.25, 0.3) is 0 Å². The van der Waals surface area contributed by atoms with Crippen LogP contribution in [-0.4, -0.2) is 41.4 Å². The normalized spacial score (nSPS) is 25.3. The van der Waals surface area contributed by atoms with Gasteiger partial charge in [-0.25, -0.2) is 0 Å². The molecule has 1 amide bonds. The summed E-state index contributed by atoms with van der Waals surface area (Å²) in [6, 6.07) is 0. The van der Waals surface area contributed by atoms with Crippen molar-refractivity contribution < 1.29 is 4.79 Å². The lowest BCUT2D eigenvalue weighted by atomic mass is 10.1. The van der Waals surface area contributed by atoms with Crippen molar-refractivity contribution in [2.45, 2.75) is 6.42 Å². The predicted molar refractivity (Wildman–Crippen MR) is 58.6 cm³/mol. The van der Waals surface area contributed by atoms with Crippen LogP contribution in [0.3, 0.4) is 0 Å². The van der Waals surface area contributed by atoms with Gasteiger partial charge in [0.2, 0.25) is 5.91 Å². The van der Waals surface area contributed by atoms with Gasteiger partial charge in [-0.3, -0.25) is 14.7 Å². The van der Waals surface area contributed by atoms with Crippen LogP contribution in [0.15, 0.2) is 10.1 Å². The number of carbonyl (C=O) groups is 1. The maximum Gasteiger partial charge on any atom is 0.228 e. The van der Waals surface area contributed by atoms with Crippen molar-refractivity contribution in [2.75, 3.05) is 25.4 Å². The highest BCUT2D eigenvalue weighted by Gasteiger charge is 2.33. The molecule has 80 valence electrons. The Balaban J connectivity index is 1.97. The molecule has 1 atom stereocenters. The minimum Gasteiger partial charge on any atom is -0.291 e. The molecule has 6 nitrogen and oxygen atoms in total. The molecule has 2 heterocycles. The number of thioether (sulfide) groups is 1. The Morgan fingerprint density at radius 3 is 3.27 bits per heavy atom. The summed E-state index contributed by atoms with van der Waals surface area (Å²) in [5.41, 5.74) is 8.20. The molecule has 0 aromatic carbocycles. The van der Waals surface area contributed by atoms with E-state index in [1.165, 1.54) is 0 Å². The van der Waals surface area contributed by atoms with Crippen LogP contribution >= 0.6 is 11.8 Å². The van der Waals surface area contributed by atoms with E-state index in [0.29, 0.717) is 19.5 Å². The van der Waals surface area contributed by atoms with E-state index in [0.717, 1.165) is 17.5 Å². The van der Waals surface area contributed by atoms with Gasteiger partial charge in [-0.2, -0.15) is 0 Å². The summed E-state index contributed by atoms with van der Waals surface area (Å²) in [4.78, 5) is 20.3. The van der Waals surface area contributed by atoms with Crippen LogP contribution in [-0.2, 0) is 4.79 Å². The van der Waals surface area contributed by atoms with Crippen LogP contribution in [0.4, 0.5) is 0 Å². The molecule has 0 N–H and O–H groups in total. The number of rotatable bonds is 2. The standard InChI is InChI=1S/C8H11N5OS/c9-12-11-4-6-3-7(14)13(5-6)8-10-1-2-15-8/h6H,1-5H2. The maximum atomic E-state index is 11.6. The summed E-state index contributed by atoms with van der Waals surface area (Å²) in [6.45, 7) is 1.84. The highest BCUT2D eigenvalue weighted by atomic mass is 32.2. The summed E-state index contributed by atoms with van der Waals surface area (Å²) in [5.74, 6) is 1.21. The second kappa shape index (κ2) is 4.55. The number of amidine groups is 1. The van der Waals surface area contributed by atoms with E-state index in [-0.39, 0.29) is 11.8 Å². The lowest BCUT2D eigenvalue weighted by Gasteiger charge is -2.14. The molecular formula is C8H11N5OS. The molecule has 2 aliphatic rings. The number of hydrogen-bond acceptors (Lipinski definition) is 4. The molecule has 2 aliphatic heterocycles. The summed E-state index contributed by atoms with van der Waals surface area (Å²) in [7, 11) is 0. The second-order valence-corrected chi connectivity index (χ2v) is 4.56. The number of carbonyl (C=O) groups excluding carboxylic acids is 1. The van der Waals surface area contributed by atoms with Crippen molar-refractivity contribution >= 4 is 22.8 Å². The molecular weight excluding hydrogens is 214 g/mol. The Labute approximate surface area is 91.4 Å². The van der Waals surface area contributed by atoms with Gasteiger partial charge in [0, 0.05) is 30.2 Å². The first-order chi connectivity index (χ1) is 7.31. The number of amides is 1. The number of aliphatic imine (C=N–C) groups is 1. The van der Waals surface area contributed by atoms with E-state index in [4.69, 9.17) is 5.53 Å². The topological polar surface area (TPSA) is 81.4 Å². The first-order valence-electron chi connectivity index (χ1n) is 4.79. The van der Waals surface area contributed by atoms with E-state index < -0.39 is 0 Å². The Hall–Kier alpha value is -1.20. The van der Waals surface area contributed by atoms with Gasteiger partial charge >= 0.3 is 0 Å². The molecule has 0 aromatic heterocycles. The van der Waals surface area contributed by atoms with Gasteiger partial charge in [0.15, 0.2) is 5.17 Å². The van der Waals surface area contributed by atoms with E-state index >= 15 is 0 Å². The summed E-state index contributed by atoms with van der Waals surface area (Å²) in [6.07, 6.45) is 0.471. The average molecular weight is 225 g/mol. The molecule has 1 unspecified atom stereocenters. The third-order valence-electron chi connectivity index (χ3n) is 2.41. The zero-order chi connectivity index (χ0) is 10.7. The van der Waals surface area contributed by atoms with Crippen molar-refractivity contribution in [2.24, 2.45) is 16.0 Å². The van der Waals surface area contributed by atoms with Gasteiger partial charge < -0.3 is 0 Å². The highest BCUT2D eigenvalue weighted by Crippen LogP contribution is 2.24. The molecule has 15 heavy (non-hydrogen) atoms. The van der Waals surface area contributed by atoms with Crippen LogP contribution in [0, 0.1) is 5.92 Å². The zero-order valence-electron chi connectivity index (χ0n) is 8.17. The maximum absolute atomic E-state index is 11.6. The van der Waals surface area contributed by atoms with Crippen LogP contribution in [0.2, 0.25) is 0 Å². The first-order valence-corrected chi connectivity index (χ1v) is 5.78. The largest absolute Gasteiger partial charge is 0.291 e. The molecule has 2 rings (SSSR count). The van der Waals surface area contributed by atoms with Gasteiger partial charge in [0.05, 0.1) is 6.54 Å². The second-order valence-electron chi connectivity index (χ2n) is 3.50. The van der Waals surface area contributed by atoms with E-state index in [1.807, 2.05) is 0 Å². The molecule has 0 aliphatic carbocycles. The van der Waals surface area contributed by atoms with Crippen molar-refractivity contribution in [1.29, 1.82) is 0 Å². The number of nitrogens with zero attached hydrogens (tertiary/aromatic N) is 5. The third kappa shape index (κ3) is 2.24. The molecule has 0 bridgehead atoms. The molecule has 0 aromatic rings. The Bertz CT molecular complexity index is 349. The Kier molecular flexibility index (Phi) is 3.13. The third-order valence-corrected chi connectivity index (χ3v) is 3.40. The predicted octanol–water partition coefficient (Wildman–Crippen LogP) is 1.25. The smallest absolute Gasteiger partial charge is 0.228 e. The lowest BCUT2D eigenvalue weighted by molar-refractivity contribution is -0.124. The molecule has 7 heteroatoms. The molecule has 1 fully saturated rings. The SMILES string of the molecule is [N-]=[N+]=NCC1CC(=O)N(C2=NCCS2)C1. The van der Waals surface area contributed by atoms with Crippen molar-refractivity contribution in [1.82, 2.24) is 4.90 Å². The van der Waals surface area contributed by atoms with Gasteiger partial charge in [-0.05, 0) is 11.4 Å². The Morgan fingerprint density at radius 1 is 1.73 bits per heavy atom. The fourth-order valence-corrected chi connectivity index (χ4v) is 2.61. The monoisotopic (exact) mass is 225 g/mol. The molecule has 0 saturated carbocycles. The summed E-state index contributed by atoms with van der Waals surface area (Å²) in [5, 5.41) is 4.34. The Morgan fingerprint density at radius 2 is 2.60 bits per heavy atom. The van der Waals surface area contributed by atoms with Gasteiger partial charge in [-0.15, -0.1) is 0 Å². The zero-order valence-corrected chi connectivity index (χ0v) is 8.98. The number of azide groups is 1. The van der Waals surface area contributed by atoms with Crippen molar-refractivity contribution in [3.63, 3.8) is 0 Å². The molecule has 0 radical (unpaired) electrons. The van der Waals surface area contributed by atoms with Gasteiger partial charge in [0.1, 0.15) is 0 Å². The summed E-state index contributed by atoms with van der Waals surface area (Å²) >= 11 is 1.62. The van der Waals surface area contributed by atoms with Crippen LogP contribution < -0.4 is 0 Å². The van der Waals surface area contributed by atoms with Crippen molar-refractivity contribution in [3.05, 3.63) is 10.4 Å². The number of hydrogen-bond donors (Lipinski definition) is 0. The van der Waals surface area contributed by atoms with E-state index in [9.17, 15) is 4.79 Å². The fraction of sp³-hybridized carbons (Fsp3) is 0.750. The molecule has 0 spiro atoms. The number of likely N-dealkylation sites (tertiary alicyclic amines) is 1. The van der Waals surface area contributed by atoms with E-state index in [1.54, 1.807) is 16.7 Å². The lowest BCUT2D eigenvalue weighted by Crippen LogP contribution is -2.29. The van der Waals surface area contributed by atoms with Crippen LogP contribution in [0.1, 0.15) is 6.42 Å². The summed E-state index contributed by atoms with van der Waals surface area (Å²) < 4.78 is 0. The van der Waals surface area contributed by atoms with Crippen molar-refractivity contribution in [3.8, 4) is 0 Å². The highest BCUT2D eigenvalue weighted by molar-refractivity contribution is 8.14. The first kappa shape index (κ1) is 10.3. The minimum absolute atomic E-state index is 0.0984. The quantitative estimate of drug-likeness (QED) is 0.402. The molecule has 1 saturated heterocycles. The average Bonchev–Trinajstić information content (AvgIpc) is 2.83. The van der Waals surface area contributed by atoms with Gasteiger partial charge in [-0.1, -0.05) is 16.9 Å².